The van der Waals surface area contributed by atoms with Crippen molar-refractivity contribution in [2.24, 2.45) is 0 Å². The summed E-state index contributed by atoms with van der Waals surface area (Å²) in [4.78, 5) is 27.3. The molecule has 1 saturated heterocycles. The van der Waals surface area contributed by atoms with Crippen LogP contribution in [0.15, 0.2) is 18.2 Å². The molecule has 24 heavy (non-hydrogen) atoms. The molecule has 1 aromatic carbocycles. The predicted octanol–water partition coefficient (Wildman–Crippen LogP) is 1.07. The van der Waals surface area contributed by atoms with E-state index in [-0.39, 0.29) is 18.1 Å². The van der Waals surface area contributed by atoms with E-state index in [9.17, 15) is 14.7 Å². The molecule has 1 aliphatic rings. The maximum absolute atomic E-state index is 11.9. The first kappa shape index (κ1) is 18.2. The minimum absolute atomic E-state index is 0.0111. The number of carboxylic acids is 1. The fourth-order valence-corrected chi connectivity index (χ4v) is 2.87. The van der Waals surface area contributed by atoms with E-state index < -0.39 is 5.97 Å². The van der Waals surface area contributed by atoms with Gasteiger partial charge in [-0.3, -0.25) is 9.69 Å². The summed E-state index contributed by atoms with van der Waals surface area (Å²) in [6.45, 7) is 3.76. The Kier molecular flexibility index (Phi) is 6.57. The quantitative estimate of drug-likeness (QED) is 0.837. The summed E-state index contributed by atoms with van der Waals surface area (Å²) in [5.74, 6) is -0.628. The second-order valence-electron chi connectivity index (χ2n) is 5.78. The SMILES string of the molecule is COCC(=O)N1CCCN(Cc2ccc(OC)c(C(=O)O)c2)CC1. The highest BCUT2D eigenvalue weighted by Crippen LogP contribution is 2.21. The molecule has 0 radical (unpaired) electrons. The average Bonchev–Trinajstić information content (AvgIpc) is 2.80. The number of hydrogen-bond acceptors (Lipinski definition) is 5. The zero-order chi connectivity index (χ0) is 17.5. The monoisotopic (exact) mass is 336 g/mol. The molecule has 0 unspecified atom stereocenters. The van der Waals surface area contributed by atoms with Crippen LogP contribution >= 0.6 is 0 Å². The molecule has 1 heterocycles. The van der Waals surface area contributed by atoms with Crippen LogP contribution in [0.1, 0.15) is 22.3 Å². The first-order valence-corrected chi connectivity index (χ1v) is 7.94. The molecule has 1 fully saturated rings. The van der Waals surface area contributed by atoms with Gasteiger partial charge in [0.25, 0.3) is 0 Å². The van der Waals surface area contributed by atoms with Crippen molar-refractivity contribution in [1.82, 2.24) is 9.80 Å². The number of carbonyl (C=O) groups is 2. The van der Waals surface area contributed by atoms with Crippen LogP contribution in [-0.4, -0.2) is 73.8 Å². The summed E-state index contributed by atoms with van der Waals surface area (Å²) in [6, 6.07) is 5.22. The number of benzene rings is 1. The van der Waals surface area contributed by atoms with Gasteiger partial charge in [-0.25, -0.2) is 4.79 Å². The van der Waals surface area contributed by atoms with Gasteiger partial charge in [-0.2, -0.15) is 0 Å². The van der Waals surface area contributed by atoms with Gasteiger partial charge in [-0.1, -0.05) is 6.07 Å². The zero-order valence-corrected chi connectivity index (χ0v) is 14.2. The number of ether oxygens (including phenoxy) is 2. The van der Waals surface area contributed by atoms with Crippen LogP contribution in [0.25, 0.3) is 0 Å². The zero-order valence-electron chi connectivity index (χ0n) is 14.2. The van der Waals surface area contributed by atoms with Crippen LogP contribution in [-0.2, 0) is 16.1 Å². The molecule has 0 saturated carbocycles. The van der Waals surface area contributed by atoms with E-state index in [0.717, 1.165) is 31.6 Å². The lowest BCUT2D eigenvalue weighted by Gasteiger charge is -2.22. The van der Waals surface area contributed by atoms with Crippen LogP contribution in [0, 0.1) is 0 Å². The van der Waals surface area contributed by atoms with E-state index in [1.165, 1.54) is 14.2 Å². The number of carboxylic acid groups (broad SMARTS) is 1. The lowest BCUT2D eigenvalue weighted by atomic mass is 10.1. The van der Waals surface area contributed by atoms with Gasteiger partial charge in [0.05, 0.1) is 7.11 Å². The molecule has 0 atom stereocenters. The lowest BCUT2D eigenvalue weighted by molar-refractivity contribution is -0.135. The highest BCUT2D eigenvalue weighted by atomic mass is 16.5. The lowest BCUT2D eigenvalue weighted by Crippen LogP contribution is -2.37. The van der Waals surface area contributed by atoms with Crippen molar-refractivity contribution in [2.75, 3.05) is 47.0 Å². The van der Waals surface area contributed by atoms with Crippen molar-refractivity contribution in [1.29, 1.82) is 0 Å². The molecular weight excluding hydrogens is 312 g/mol. The van der Waals surface area contributed by atoms with Crippen molar-refractivity contribution in [3.8, 4) is 5.75 Å². The van der Waals surface area contributed by atoms with Gasteiger partial charge in [0.1, 0.15) is 17.9 Å². The van der Waals surface area contributed by atoms with Crippen molar-refractivity contribution >= 4 is 11.9 Å². The summed E-state index contributed by atoms with van der Waals surface area (Å²) in [5, 5.41) is 9.27. The molecule has 0 bridgehead atoms. The Balaban J connectivity index is 2.00. The minimum Gasteiger partial charge on any atom is -0.496 e. The molecule has 0 aliphatic carbocycles. The molecule has 0 spiro atoms. The third-order valence-corrected chi connectivity index (χ3v) is 4.11. The second kappa shape index (κ2) is 8.65. The number of aromatic carboxylic acids is 1. The summed E-state index contributed by atoms with van der Waals surface area (Å²) in [7, 11) is 2.98. The van der Waals surface area contributed by atoms with E-state index in [0.29, 0.717) is 18.8 Å². The summed E-state index contributed by atoms with van der Waals surface area (Å²) in [6.07, 6.45) is 0.886. The number of methoxy groups -OCH3 is 2. The maximum atomic E-state index is 11.9. The number of nitrogens with zero attached hydrogens (tertiary/aromatic N) is 2. The summed E-state index contributed by atoms with van der Waals surface area (Å²) >= 11 is 0. The molecule has 1 N–H and O–H groups in total. The molecule has 2 rings (SSSR count). The molecule has 1 amide bonds. The van der Waals surface area contributed by atoms with Crippen molar-refractivity contribution < 1.29 is 24.2 Å². The van der Waals surface area contributed by atoms with Crippen molar-refractivity contribution in [3.05, 3.63) is 29.3 Å². The highest BCUT2D eigenvalue weighted by molar-refractivity contribution is 5.91. The third-order valence-electron chi connectivity index (χ3n) is 4.11. The predicted molar refractivity (Wildman–Crippen MR) is 88.3 cm³/mol. The van der Waals surface area contributed by atoms with E-state index in [1.54, 1.807) is 12.1 Å². The fraction of sp³-hybridized carbons (Fsp3) is 0.529. The number of amides is 1. The van der Waals surface area contributed by atoms with Crippen LogP contribution in [0.4, 0.5) is 0 Å². The smallest absolute Gasteiger partial charge is 0.339 e. The second-order valence-corrected chi connectivity index (χ2v) is 5.78. The van der Waals surface area contributed by atoms with E-state index in [4.69, 9.17) is 9.47 Å². The molecule has 0 aromatic heterocycles. The Bertz CT molecular complexity index is 590. The Morgan fingerprint density at radius 1 is 1.17 bits per heavy atom. The van der Waals surface area contributed by atoms with E-state index >= 15 is 0 Å². The van der Waals surface area contributed by atoms with Gasteiger partial charge in [0.15, 0.2) is 0 Å². The Morgan fingerprint density at radius 2 is 1.96 bits per heavy atom. The number of hydrogen-bond donors (Lipinski definition) is 1. The normalized spacial score (nSPS) is 15.8. The topological polar surface area (TPSA) is 79.3 Å². The largest absolute Gasteiger partial charge is 0.496 e. The van der Waals surface area contributed by atoms with Gasteiger partial charge < -0.3 is 19.5 Å². The molecule has 7 heteroatoms. The maximum Gasteiger partial charge on any atom is 0.339 e. The Hall–Kier alpha value is -2.12. The molecular formula is C17H24N2O5. The van der Waals surface area contributed by atoms with E-state index in [1.807, 2.05) is 11.0 Å². The molecule has 1 aromatic rings. The van der Waals surface area contributed by atoms with Crippen LogP contribution in [0.3, 0.4) is 0 Å². The first-order chi connectivity index (χ1) is 11.5. The van der Waals surface area contributed by atoms with Gasteiger partial charge in [0.2, 0.25) is 5.91 Å². The van der Waals surface area contributed by atoms with Crippen molar-refractivity contribution in [3.63, 3.8) is 0 Å². The molecule has 1 aliphatic heterocycles. The van der Waals surface area contributed by atoms with Crippen LogP contribution in [0.2, 0.25) is 0 Å². The van der Waals surface area contributed by atoms with E-state index in [2.05, 4.69) is 4.90 Å². The minimum atomic E-state index is -0.999. The number of rotatable bonds is 6. The summed E-state index contributed by atoms with van der Waals surface area (Å²) < 4.78 is 9.99. The van der Waals surface area contributed by atoms with Gasteiger partial charge in [-0.15, -0.1) is 0 Å². The Morgan fingerprint density at radius 3 is 2.62 bits per heavy atom. The third kappa shape index (κ3) is 4.69. The van der Waals surface area contributed by atoms with Crippen molar-refractivity contribution in [2.45, 2.75) is 13.0 Å². The van der Waals surface area contributed by atoms with Gasteiger partial charge in [0, 0.05) is 39.8 Å². The number of carbonyl (C=O) groups excluding carboxylic acids is 1. The fourth-order valence-electron chi connectivity index (χ4n) is 2.87. The Labute approximate surface area is 141 Å². The average molecular weight is 336 g/mol. The first-order valence-electron chi connectivity index (χ1n) is 7.94. The van der Waals surface area contributed by atoms with Crippen LogP contribution in [0.5, 0.6) is 5.75 Å². The van der Waals surface area contributed by atoms with Gasteiger partial charge in [-0.05, 0) is 24.1 Å². The highest BCUT2D eigenvalue weighted by Gasteiger charge is 2.19. The summed E-state index contributed by atoms with van der Waals surface area (Å²) in [5.41, 5.74) is 1.09. The standard InChI is InChI=1S/C17H24N2O5/c1-23-12-16(20)19-7-3-6-18(8-9-19)11-13-4-5-15(24-2)14(10-13)17(21)22/h4-5,10H,3,6-9,11-12H2,1-2H3,(H,21,22). The van der Waals surface area contributed by atoms with Crippen LogP contribution < -0.4 is 4.74 Å². The molecule has 132 valence electrons. The van der Waals surface area contributed by atoms with Gasteiger partial charge >= 0.3 is 5.97 Å². The molecule has 7 nitrogen and oxygen atoms in total.